The van der Waals surface area contributed by atoms with Gasteiger partial charge in [-0.3, -0.25) is 9.59 Å². The molecule has 1 saturated heterocycles. The number of phenolic OH excluding ortho intramolecular Hbond substituents is 2. The van der Waals surface area contributed by atoms with Gasteiger partial charge in [0.25, 0.3) is 11.1 Å². The Kier molecular flexibility index (Phi) is 9.77. The van der Waals surface area contributed by atoms with Crippen LogP contribution in [0, 0.1) is 0 Å². The van der Waals surface area contributed by atoms with Crippen molar-refractivity contribution in [2.45, 2.75) is 29.1 Å². The molecule has 0 saturated carbocycles. The number of piperidine rings is 1. The summed E-state index contributed by atoms with van der Waals surface area (Å²) in [5.74, 6) is -0.357. The molecule has 0 unspecified atom stereocenters. The zero-order chi connectivity index (χ0) is 36.5. The summed E-state index contributed by atoms with van der Waals surface area (Å²) in [5.41, 5.74) is 1.25. The molecule has 0 radical (unpaired) electrons. The summed E-state index contributed by atoms with van der Waals surface area (Å²) in [6.45, 7) is 1.01. The summed E-state index contributed by atoms with van der Waals surface area (Å²) in [6, 6.07) is 19.0. The number of nitrogens with one attached hydrogen (secondary N) is 2. The van der Waals surface area contributed by atoms with Gasteiger partial charge in [-0.2, -0.15) is 4.31 Å². The molecule has 16 heteroatoms. The van der Waals surface area contributed by atoms with Gasteiger partial charge in [-0.15, -0.1) is 0 Å². The number of H-pyrrole nitrogens is 2. The van der Waals surface area contributed by atoms with E-state index in [1.807, 2.05) is 0 Å². The first-order valence-corrected chi connectivity index (χ1v) is 18.7. The average Bonchev–Trinajstić information content (AvgIpc) is 3.13. The lowest BCUT2D eigenvalue weighted by atomic mass is 10.0. The van der Waals surface area contributed by atoms with Crippen LogP contribution in [0.15, 0.2) is 105 Å². The quantitative estimate of drug-likeness (QED) is 0.194. The predicted octanol–water partition coefficient (Wildman–Crippen LogP) is 4.02. The van der Waals surface area contributed by atoms with Crippen molar-refractivity contribution in [2.75, 3.05) is 27.2 Å². The highest BCUT2D eigenvalue weighted by atomic mass is 32.2. The second-order valence-corrected chi connectivity index (χ2v) is 16.0. The van der Waals surface area contributed by atoms with E-state index in [1.165, 1.54) is 55.3 Å². The van der Waals surface area contributed by atoms with E-state index in [2.05, 4.69) is 19.9 Å². The molecule has 0 aliphatic carbocycles. The Morgan fingerprint density at radius 2 is 1.12 bits per heavy atom. The molecule has 1 aliphatic rings. The predicted molar refractivity (Wildman–Crippen MR) is 192 cm³/mol. The van der Waals surface area contributed by atoms with Crippen molar-refractivity contribution in [3.05, 3.63) is 106 Å². The third-order valence-corrected chi connectivity index (χ3v) is 12.4. The smallest absolute Gasteiger partial charge is 0.258 e. The standard InChI is InChI=1S/C19H19N3O4S.C16H15N3O4S/c23-16-11-13(10-15-18(16)20-12-21-19(15)24)14-6-2-3-7-17(14)27(25,26)22-8-4-1-5-9-22;1-19(2)24(22,23)14-6-4-3-5-11(14)10-7-12-15(13(20)8-10)17-9-18-16(12)21/h2-3,6-7,10-12,23H,1,4-5,8-9H2,(H,20,21,24);3-9,20H,1-2H3,(H,17,18,21). The molecule has 14 nitrogen and oxygen atoms in total. The number of aromatic nitrogens is 4. The second kappa shape index (κ2) is 14.1. The summed E-state index contributed by atoms with van der Waals surface area (Å²) >= 11 is 0. The normalized spacial score (nSPS) is 14.0. The van der Waals surface area contributed by atoms with Crippen LogP contribution >= 0.6 is 0 Å². The first kappa shape index (κ1) is 35.4. The van der Waals surface area contributed by atoms with Crippen molar-refractivity contribution in [1.82, 2.24) is 28.5 Å². The van der Waals surface area contributed by atoms with Gasteiger partial charge in [-0.25, -0.2) is 31.1 Å². The van der Waals surface area contributed by atoms with E-state index in [9.17, 15) is 36.6 Å². The summed E-state index contributed by atoms with van der Waals surface area (Å²) in [5, 5.41) is 20.9. The van der Waals surface area contributed by atoms with Crippen molar-refractivity contribution in [1.29, 1.82) is 0 Å². The fraction of sp³-hybridized carbons (Fsp3) is 0.200. The van der Waals surface area contributed by atoms with Crippen LogP contribution in [0.25, 0.3) is 44.1 Å². The van der Waals surface area contributed by atoms with Gasteiger partial charge < -0.3 is 20.2 Å². The number of aromatic amines is 2. The molecule has 4 N–H and O–H groups in total. The van der Waals surface area contributed by atoms with Gasteiger partial charge in [0.2, 0.25) is 20.0 Å². The summed E-state index contributed by atoms with van der Waals surface area (Å²) in [6.07, 6.45) is 5.15. The number of fused-ring (bicyclic) bond motifs is 2. The highest BCUT2D eigenvalue weighted by molar-refractivity contribution is 7.89. The van der Waals surface area contributed by atoms with Crippen LogP contribution in [0.3, 0.4) is 0 Å². The van der Waals surface area contributed by atoms with Crippen molar-refractivity contribution in [3.8, 4) is 33.8 Å². The van der Waals surface area contributed by atoms with Gasteiger partial charge >= 0.3 is 0 Å². The van der Waals surface area contributed by atoms with E-state index in [0.29, 0.717) is 35.3 Å². The first-order valence-electron chi connectivity index (χ1n) is 15.8. The third kappa shape index (κ3) is 6.86. The minimum absolute atomic E-state index is 0.0917. The molecule has 264 valence electrons. The summed E-state index contributed by atoms with van der Waals surface area (Å²) in [4.78, 5) is 37.2. The number of phenols is 2. The number of benzene rings is 4. The fourth-order valence-corrected chi connectivity index (χ4v) is 8.77. The van der Waals surface area contributed by atoms with Gasteiger partial charge in [-0.05, 0) is 60.4 Å². The third-order valence-electron chi connectivity index (χ3n) is 8.54. The summed E-state index contributed by atoms with van der Waals surface area (Å²) < 4.78 is 54.0. The molecule has 7 rings (SSSR count). The lowest BCUT2D eigenvalue weighted by Crippen LogP contribution is -2.35. The number of rotatable bonds is 6. The van der Waals surface area contributed by atoms with Crippen molar-refractivity contribution in [2.24, 2.45) is 0 Å². The van der Waals surface area contributed by atoms with Crippen molar-refractivity contribution >= 4 is 41.9 Å². The van der Waals surface area contributed by atoms with E-state index < -0.39 is 31.2 Å². The van der Waals surface area contributed by atoms with E-state index in [-0.39, 0.29) is 43.1 Å². The van der Waals surface area contributed by atoms with Crippen molar-refractivity contribution in [3.63, 3.8) is 0 Å². The Morgan fingerprint density at radius 3 is 1.61 bits per heavy atom. The molecular formula is C35H34N6O8S2. The largest absolute Gasteiger partial charge is 0.506 e. The minimum Gasteiger partial charge on any atom is -0.506 e. The van der Waals surface area contributed by atoms with E-state index >= 15 is 0 Å². The second-order valence-electron chi connectivity index (χ2n) is 12.0. The van der Waals surface area contributed by atoms with Crippen molar-refractivity contribution < 1.29 is 27.0 Å². The Balaban J connectivity index is 0.000000177. The van der Waals surface area contributed by atoms with E-state index in [4.69, 9.17) is 0 Å². The number of sulfonamides is 2. The van der Waals surface area contributed by atoms with Crippen LogP contribution < -0.4 is 11.1 Å². The zero-order valence-electron chi connectivity index (χ0n) is 27.6. The highest BCUT2D eigenvalue weighted by Gasteiger charge is 2.29. The van der Waals surface area contributed by atoms with E-state index in [0.717, 1.165) is 23.6 Å². The molecule has 0 atom stereocenters. The molecule has 2 aromatic heterocycles. The molecule has 51 heavy (non-hydrogen) atoms. The molecule has 0 bridgehead atoms. The monoisotopic (exact) mass is 730 g/mol. The Labute approximate surface area is 292 Å². The van der Waals surface area contributed by atoms with Crippen LogP contribution in [-0.4, -0.2) is 82.8 Å². The topological polar surface area (TPSA) is 207 Å². The Bertz CT molecular complexity index is 2620. The zero-order valence-corrected chi connectivity index (χ0v) is 29.2. The van der Waals surface area contributed by atoms with Gasteiger partial charge in [0.05, 0.1) is 33.2 Å². The first-order chi connectivity index (χ1) is 24.3. The molecule has 3 heterocycles. The van der Waals surface area contributed by atoms with Gasteiger partial charge in [0.15, 0.2) is 0 Å². The van der Waals surface area contributed by atoms with Crippen LogP contribution in [0.2, 0.25) is 0 Å². The van der Waals surface area contributed by atoms with Crippen LogP contribution in [0.4, 0.5) is 0 Å². The molecule has 4 aromatic carbocycles. The Morgan fingerprint density at radius 1 is 0.667 bits per heavy atom. The van der Waals surface area contributed by atoms with Crippen LogP contribution in [-0.2, 0) is 20.0 Å². The highest BCUT2D eigenvalue weighted by Crippen LogP contribution is 2.35. The lowest BCUT2D eigenvalue weighted by molar-refractivity contribution is 0.347. The van der Waals surface area contributed by atoms with E-state index in [1.54, 1.807) is 48.5 Å². The SMILES string of the molecule is CN(C)S(=O)(=O)c1ccccc1-c1cc(O)c2nc[nH]c(=O)c2c1.O=c1[nH]cnc2c(O)cc(-c3ccccc3S(=O)(=O)N3CCCCC3)cc12. The fourth-order valence-electron chi connectivity index (χ4n) is 5.93. The molecule has 1 aliphatic heterocycles. The number of nitrogens with zero attached hydrogens (tertiary/aromatic N) is 4. The van der Waals surface area contributed by atoms with Crippen LogP contribution in [0.1, 0.15) is 19.3 Å². The molecule has 6 aromatic rings. The van der Waals surface area contributed by atoms with Gasteiger partial charge in [0, 0.05) is 38.3 Å². The molecular weight excluding hydrogens is 697 g/mol. The number of aromatic hydroxyl groups is 2. The number of hydrogen-bond donors (Lipinski definition) is 4. The molecule has 0 spiro atoms. The van der Waals surface area contributed by atoms with Gasteiger partial charge in [0.1, 0.15) is 22.5 Å². The molecule has 0 amide bonds. The maximum absolute atomic E-state index is 13.2. The Hall–Kier alpha value is -5.42. The minimum atomic E-state index is -3.68. The number of hydrogen-bond acceptors (Lipinski definition) is 10. The maximum Gasteiger partial charge on any atom is 0.258 e. The summed E-state index contributed by atoms with van der Waals surface area (Å²) in [7, 11) is -4.46. The average molecular weight is 731 g/mol. The lowest BCUT2D eigenvalue weighted by Gasteiger charge is -2.27. The molecule has 1 fully saturated rings. The van der Waals surface area contributed by atoms with Gasteiger partial charge in [-0.1, -0.05) is 42.8 Å². The van der Waals surface area contributed by atoms with Crippen LogP contribution in [0.5, 0.6) is 11.5 Å². The maximum atomic E-state index is 13.2.